The van der Waals surface area contributed by atoms with E-state index in [2.05, 4.69) is 20.9 Å². The third-order valence-electron chi connectivity index (χ3n) is 3.14. The SMILES string of the molecule is CCOc1cc(C=Nc2ccc(C)c(Cl)c2)cc(Br)c1OCC. The van der Waals surface area contributed by atoms with Gasteiger partial charge in [0, 0.05) is 11.2 Å². The number of benzene rings is 2. The molecule has 122 valence electrons. The fourth-order valence-corrected chi connectivity index (χ4v) is 2.77. The van der Waals surface area contributed by atoms with E-state index in [4.69, 9.17) is 21.1 Å². The lowest BCUT2D eigenvalue weighted by molar-refractivity contribution is 0.286. The van der Waals surface area contributed by atoms with Gasteiger partial charge in [0.1, 0.15) is 0 Å². The van der Waals surface area contributed by atoms with Crippen molar-refractivity contribution >= 4 is 39.4 Å². The molecule has 0 radical (unpaired) electrons. The Morgan fingerprint density at radius 2 is 1.87 bits per heavy atom. The smallest absolute Gasteiger partial charge is 0.175 e. The van der Waals surface area contributed by atoms with Gasteiger partial charge in [0.25, 0.3) is 0 Å². The van der Waals surface area contributed by atoms with Gasteiger partial charge < -0.3 is 9.47 Å². The Morgan fingerprint density at radius 3 is 2.52 bits per heavy atom. The first kappa shape index (κ1) is 17.8. The van der Waals surface area contributed by atoms with Gasteiger partial charge in [0.05, 0.1) is 23.4 Å². The van der Waals surface area contributed by atoms with Crippen LogP contribution in [0, 0.1) is 6.92 Å². The van der Waals surface area contributed by atoms with E-state index in [0.717, 1.165) is 21.3 Å². The number of nitrogens with zero attached hydrogens (tertiary/aromatic N) is 1. The lowest BCUT2D eigenvalue weighted by Crippen LogP contribution is -2.00. The van der Waals surface area contributed by atoms with Crippen molar-refractivity contribution in [3.8, 4) is 11.5 Å². The maximum absolute atomic E-state index is 6.12. The number of hydrogen-bond acceptors (Lipinski definition) is 3. The van der Waals surface area contributed by atoms with Crippen molar-refractivity contribution in [3.05, 3.63) is 51.0 Å². The molecule has 23 heavy (non-hydrogen) atoms. The van der Waals surface area contributed by atoms with Crippen LogP contribution < -0.4 is 9.47 Å². The summed E-state index contributed by atoms with van der Waals surface area (Å²) in [5.74, 6) is 1.41. The Balaban J connectivity index is 2.31. The lowest BCUT2D eigenvalue weighted by Gasteiger charge is -2.13. The second-order valence-corrected chi connectivity index (χ2v) is 6.15. The molecular formula is C18H19BrClNO2. The highest BCUT2D eigenvalue weighted by Gasteiger charge is 2.11. The average molecular weight is 397 g/mol. The van der Waals surface area contributed by atoms with Crippen LogP contribution in [0.5, 0.6) is 11.5 Å². The maximum atomic E-state index is 6.12. The van der Waals surface area contributed by atoms with Crippen molar-refractivity contribution in [3.63, 3.8) is 0 Å². The highest BCUT2D eigenvalue weighted by atomic mass is 79.9. The van der Waals surface area contributed by atoms with Crippen molar-refractivity contribution in [1.82, 2.24) is 0 Å². The lowest BCUT2D eigenvalue weighted by atomic mass is 10.2. The first-order valence-electron chi connectivity index (χ1n) is 7.44. The maximum Gasteiger partial charge on any atom is 0.175 e. The van der Waals surface area contributed by atoms with Gasteiger partial charge in [-0.05, 0) is 72.1 Å². The van der Waals surface area contributed by atoms with E-state index in [1.165, 1.54) is 0 Å². The van der Waals surface area contributed by atoms with Gasteiger partial charge in [-0.25, -0.2) is 0 Å². The molecule has 0 saturated carbocycles. The molecule has 0 saturated heterocycles. The zero-order valence-electron chi connectivity index (χ0n) is 13.4. The highest BCUT2D eigenvalue weighted by molar-refractivity contribution is 9.10. The molecule has 0 aliphatic rings. The molecule has 0 amide bonds. The minimum Gasteiger partial charge on any atom is -0.490 e. The van der Waals surface area contributed by atoms with Crippen molar-refractivity contribution in [2.75, 3.05) is 13.2 Å². The van der Waals surface area contributed by atoms with Gasteiger partial charge in [-0.15, -0.1) is 0 Å². The van der Waals surface area contributed by atoms with Crippen LogP contribution in [0.15, 0.2) is 39.8 Å². The first-order chi connectivity index (χ1) is 11.0. The molecule has 2 rings (SSSR count). The molecule has 0 aromatic heterocycles. The third-order valence-corrected chi connectivity index (χ3v) is 4.13. The second kappa shape index (κ2) is 8.37. The fourth-order valence-electron chi connectivity index (χ4n) is 2.02. The average Bonchev–Trinajstić information content (AvgIpc) is 2.52. The van der Waals surface area contributed by atoms with Gasteiger partial charge in [0.15, 0.2) is 11.5 Å². The number of aliphatic imine (C=N–C) groups is 1. The van der Waals surface area contributed by atoms with Crippen LogP contribution >= 0.6 is 27.5 Å². The van der Waals surface area contributed by atoms with E-state index in [0.29, 0.717) is 29.7 Å². The molecule has 0 bridgehead atoms. The summed E-state index contributed by atoms with van der Waals surface area (Å²) in [6.45, 7) is 7.00. The van der Waals surface area contributed by atoms with E-state index in [-0.39, 0.29) is 0 Å². The molecule has 5 heteroatoms. The van der Waals surface area contributed by atoms with E-state index in [1.54, 1.807) is 6.21 Å². The Labute approximate surface area is 150 Å². The number of ether oxygens (including phenoxy) is 2. The summed E-state index contributed by atoms with van der Waals surface area (Å²) < 4.78 is 12.1. The summed E-state index contributed by atoms with van der Waals surface area (Å²) in [6, 6.07) is 9.60. The Bertz CT molecular complexity index is 716. The Kier molecular flexibility index (Phi) is 6.48. The molecule has 0 fully saturated rings. The van der Waals surface area contributed by atoms with E-state index >= 15 is 0 Å². The predicted octanol–water partition coefficient (Wildman–Crippen LogP) is 5.96. The van der Waals surface area contributed by atoms with Gasteiger partial charge in [-0.3, -0.25) is 4.99 Å². The largest absolute Gasteiger partial charge is 0.490 e. The normalized spacial score (nSPS) is 11.0. The summed E-state index contributed by atoms with van der Waals surface area (Å²) >= 11 is 9.65. The van der Waals surface area contributed by atoms with Gasteiger partial charge in [-0.2, -0.15) is 0 Å². The fraction of sp³-hybridized carbons (Fsp3) is 0.278. The van der Waals surface area contributed by atoms with Crippen LogP contribution in [0.2, 0.25) is 5.02 Å². The van der Waals surface area contributed by atoms with E-state index < -0.39 is 0 Å². The summed E-state index contributed by atoms with van der Waals surface area (Å²) in [6.07, 6.45) is 1.78. The van der Waals surface area contributed by atoms with E-state index in [9.17, 15) is 0 Å². The van der Waals surface area contributed by atoms with Crippen molar-refractivity contribution < 1.29 is 9.47 Å². The van der Waals surface area contributed by atoms with Gasteiger partial charge >= 0.3 is 0 Å². The quantitative estimate of drug-likeness (QED) is 0.564. The van der Waals surface area contributed by atoms with Crippen LogP contribution in [0.4, 0.5) is 5.69 Å². The van der Waals surface area contributed by atoms with Gasteiger partial charge in [-0.1, -0.05) is 17.7 Å². The van der Waals surface area contributed by atoms with Crippen molar-refractivity contribution in [1.29, 1.82) is 0 Å². The molecule has 0 spiro atoms. The topological polar surface area (TPSA) is 30.8 Å². The summed E-state index contributed by atoms with van der Waals surface area (Å²) in [5, 5.41) is 0.711. The molecular weight excluding hydrogens is 378 g/mol. The van der Waals surface area contributed by atoms with Crippen LogP contribution in [0.1, 0.15) is 25.0 Å². The molecule has 2 aromatic carbocycles. The Hall–Kier alpha value is -1.52. The molecule has 0 unspecified atom stereocenters. The van der Waals surface area contributed by atoms with Crippen LogP contribution in [-0.4, -0.2) is 19.4 Å². The third kappa shape index (κ3) is 4.72. The monoisotopic (exact) mass is 395 g/mol. The summed E-state index contributed by atoms with van der Waals surface area (Å²) in [5.41, 5.74) is 2.76. The molecule has 0 heterocycles. The van der Waals surface area contributed by atoms with Crippen LogP contribution in [-0.2, 0) is 0 Å². The molecule has 3 nitrogen and oxygen atoms in total. The molecule has 0 aliphatic carbocycles. The predicted molar refractivity (Wildman–Crippen MR) is 99.9 cm³/mol. The summed E-state index contributed by atoms with van der Waals surface area (Å²) in [4.78, 5) is 4.47. The molecule has 0 atom stereocenters. The highest BCUT2D eigenvalue weighted by Crippen LogP contribution is 2.36. The minimum atomic E-state index is 0.570. The Morgan fingerprint density at radius 1 is 1.13 bits per heavy atom. The zero-order chi connectivity index (χ0) is 16.8. The zero-order valence-corrected chi connectivity index (χ0v) is 15.7. The number of hydrogen-bond donors (Lipinski definition) is 0. The molecule has 2 aromatic rings. The number of halogens is 2. The second-order valence-electron chi connectivity index (χ2n) is 4.89. The summed E-state index contributed by atoms with van der Waals surface area (Å²) in [7, 11) is 0. The minimum absolute atomic E-state index is 0.570. The van der Waals surface area contributed by atoms with Gasteiger partial charge in [0.2, 0.25) is 0 Å². The van der Waals surface area contributed by atoms with E-state index in [1.807, 2.05) is 51.1 Å². The standard InChI is InChI=1S/C18H19BrClNO2/c1-4-22-17-9-13(8-15(19)18(17)23-5-2)11-21-14-7-6-12(3)16(20)10-14/h6-11H,4-5H2,1-3H3. The van der Waals surface area contributed by atoms with Crippen molar-refractivity contribution in [2.24, 2.45) is 4.99 Å². The first-order valence-corrected chi connectivity index (χ1v) is 8.61. The van der Waals surface area contributed by atoms with Crippen LogP contribution in [0.3, 0.4) is 0 Å². The van der Waals surface area contributed by atoms with Crippen molar-refractivity contribution in [2.45, 2.75) is 20.8 Å². The molecule has 0 N–H and O–H groups in total. The number of aryl methyl sites for hydroxylation is 1. The number of rotatable bonds is 6. The van der Waals surface area contributed by atoms with Crippen LogP contribution in [0.25, 0.3) is 0 Å². The molecule has 0 aliphatic heterocycles.